The Morgan fingerprint density at radius 2 is 2.29 bits per heavy atom. The molecular formula is C13H18ClNO2. The van der Waals surface area contributed by atoms with E-state index in [1.165, 1.54) is 0 Å². The maximum Gasteiger partial charge on any atom is 0.142 e. The van der Waals surface area contributed by atoms with Gasteiger partial charge in [0.25, 0.3) is 0 Å². The minimum atomic E-state index is 0.312. The zero-order valence-corrected chi connectivity index (χ0v) is 11.0. The number of benzene rings is 1. The molecule has 4 heteroatoms. The summed E-state index contributed by atoms with van der Waals surface area (Å²) in [6.07, 6.45) is 2.33. The van der Waals surface area contributed by atoms with E-state index < -0.39 is 0 Å². The summed E-state index contributed by atoms with van der Waals surface area (Å²) in [7, 11) is 1.67. The molecule has 17 heavy (non-hydrogen) atoms. The van der Waals surface area contributed by atoms with Crippen LogP contribution in [0.15, 0.2) is 18.2 Å². The fraction of sp³-hybridized carbons (Fsp3) is 0.538. The van der Waals surface area contributed by atoms with Crippen molar-refractivity contribution in [2.24, 2.45) is 0 Å². The third-order valence-electron chi connectivity index (χ3n) is 3.01. The van der Waals surface area contributed by atoms with Crippen LogP contribution in [0.5, 0.6) is 5.75 Å². The first-order valence-electron chi connectivity index (χ1n) is 5.90. The van der Waals surface area contributed by atoms with Crippen molar-refractivity contribution in [3.8, 4) is 5.75 Å². The lowest BCUT2D eigenvalue weighted by Crippen LogP contribution is -2.32. The van der Waals surface area contributed by atoms with E-state index in [1.54, 1.807) is 7.11 Å². The molecule has 0 radical (unpaired) electrons. The van der Waals surface area contributed by atoms with Crippen molar-refractivity contribution in [3.63, 3.8) is 0 Å². The minimum Gasteiger partial charge on any atom is -0.495 e. The number of nitrogens with one attached hydrogen (secondary N) is 1. The highest BCUT2D eigenvalue weighted by Crippen LogP contribution is 2.30. The van der Waals surface area contributed by atoms with Crippen molar-refractivity contribution in [1.29, 1.82) is 0 Å². The van der Waals surface area contributed by atoms with Crippen LogP contribution in [-0.4, -0.2) is 25.9 Å². The van der Waals surface area contributed by atoms with Crippen molar-refractivity contribution in [3.05, 3.63) is 23.2 Å². The number of hydrogen-bond acceptors (Lipinski definition) is 3. The highest BCUT2D eigenvalue weighted by molar-refractivity contribution is 6.30. The van der Waals surface area contributed by atoms with Gasteiger partial charge in [0.1, 0.15) is 5.75 Å². The molecule has 1 aliphatic rings. The van der Waals surface area contributed by atoms with Crippen LogP contribution in [0.3, 0.4) is 0 Å². The van der Waals surface area contributed by atoms with Crippen LogP contribution >= 0.6 is 11.6 Å². The molecule has 0 aliphatic carbocycles. The van der Waals surface area contributed by atoms with E-state index in [1.807, 2.05) is 18.2 Å². The summed E-state index contributed by atoms with van der Waals surface area (Å²) >= 11 is 6.00. The normalized spacial score (nSPS) is 24.4. The summed E-state index contributed by atoms with van der Waals surface area (Å²) < 4.78 is 10.8. The summed E-state index contributed by atoms with van der Waals surface area (Å²) in [5, 5.41) is 4.20. The summed E-state index contributed by atoms with van der Waals surface area (Å²) in [6.45, 7) is 2.91. The molecule has 2 unspecified atom stereocenters. The lowest BCUT2D eigenvalue weighted by molar-refractivity contribution is 0.0232. The number of rotatable bonds is 3. The molecule has 0 saturated carbocycles. The first-order chi connectivity index (χ1) is 8.19. The quantitative estimate of drug-likeness (QED) is 0.899. The van der Waals surface area contributed by atoms with Gasteiger partial charge in [0.2, 0.25) is 0 Å². The topological polar surface area (TPSA) is 30.5 Å². The number of anilines is 1. The number of methoxy groups -OCH3 is 1. The Bertz CT molecular complexity index is 384. The van der Waals surface area contributed by atoms with Crippen LogP contribution in [0.2, 0.25) is 5.02 Å². The van der Waals surface area contributed by atoms with E-state index >= 15 is 0 Å². The molecule has 1 fully saturated rings. The van der Waals surface area contributed by atoms with E-state index in [0.29, 0.717) is 17.2 Å². The standard InChI is InChI=1S/C13H18ClNO2/c1-9-7-11(5-6-17-9)15-12-8-10(14)3-4-13(12)16-2/h3-4,8-9,11,15H,5-7H2,1-2H3. The van der Waals surface area contributed by atoms with Gasteiger partial charge in [-0.15, -0.1) is 0 Å². The van der Waals surface area contributed by atoms with Crippen LogP contribution in [-0.2, 0) is 4.74 Å². The van der Waals surface area contributed by atoms with Crippen molar-refractivity contribution in [1.82, 2.24) is 0 Å². The molecule has 3 nitrogen and oxygen atoms in total. The summed E-state index contributed by atoms with van der Waals surface area (Å²) in [5.41, 5.74) is 0.958. The van der Waals surface area contributed by atoms with E-state index in [0.717, 1.165) is 30.9 Å². The Morgan fingerprint density at radius 1 is 1.47 bits per heavy atom. The maximum absolute atomic E-state index is 6.00. The Balaban J connectivity index is 2.08. The fourth-order valence-corrected chi connectivity index (χ4v) is 2.31. The van der Waals surface area contributed by atoms with E-state index in [9.17, 15) is 0 Å². The Kier molecular flexibility index (Phi) is 4.13. The van der Waals surface area contributed by atoms with Crippen LogP contribution < -0.4 is 10.1 Å². The average Bonchev–Trinajstić information content (AvgIpc) is 2.29. The van der Waals surface area contributed by atoms with Gasteiger partial charge in [-0.25, -0.2) is 0 Å². The third-order valence-corrected chi connectivity index (χ3v) is 3.24. The van der Waals surface area contributed by atoms with Crippen molar-refractivity contribution in [2.75, 3.05) is 19.0 Å². The maximum atomic E-state index is 6.00. The molecule has 0 amide bonds. The number of ether oxygens (including phenoxy) is 2. The van der Waals surface area contributed by atoms with Gasteiger partial charge < -0.3 is 14.8 Å². The van der Waals surface area contributed by atoms with Crippen LogP contribution in [0.1, 0.15) is 19.8 Å². The van der Waals surface area contributed by atoms with E-state index in [2.05, 4.69) is 12.2 Å². The zero-order chi connectivity index (χ0) is 12.3. The monoisotopic (exact) mass is 255 g/mol. The summed E-state index contributed by atoms with van der Waals surface area (Å²) in [6, 6.07) is 6.04. The third kappa shape index (κ3) is 3.27. The molecule has 2 atom stereocenters. The van der Waals surface area contributed by atoms with Crippen molar-refractivity contribution >= 4 is 17.3 Å². The largest absolute Gasteiger partial charge is 0.495 e. The molecular weight excluding hydrogens is 238 g/mol. The first-order valence-corrected chi connectivity index (χ1v) is 6.28. The SMILES string of the molecule is COc1ccc(Cl)cc1NC1CCOC(C)C1. The second kappa shape index (κ2) is 5.61. The van der Waals surface area contributed by atoms with Gasteiger partial charge in [-0.3, -0.25) is 0 Å². The molecule has 0 aromatic heterocycles. The Morgan fingerprint density at radius 3 is 3.00 bits per heavy atom. The lowest BCUT2D eigenvalue weighted by Gasteiger charge is -2.29. The molecule has 1 N–H and O–H groups in total. The second-order valence-electron chi connectivity index (χ2n) is 4.39. The molecule has 1 heterocycles. The zero-order valence-electron chi connectivity index (χ0n) is 10.2. The molecule has 0 spiro atoms. The predicted octanol–water partition coefficient (Wildman–Crippen LogP) is 3.33. The first kappa shape index (κ1) is 12.5. The van der Waals surface area contributed by atoms with Crippen LogP contribution in [0.4, 0.5) is 5.69 Å². The predicted molar refractivity (Wildman–Crippen MR) is 70.1 cm³/mol. The van der Waals surface area contributed by atoms with Gasteiger partial charge in [-0.05, 0) is 38.0 Å². The fourth-order valence-electron chi connectivity index (χ4n) is 2.14. The Hall–Kier alpha value is -0.930. The highest BCUT2D eigenvalue weighted by atomic mass is 35.5. The molecule has 1 aliphatic heterocycles. The van der Waals surface area contributed by atoms with Crippen molar-refractivity contribution in [2.45, 2.75) is 31.9 Å². The van der Waals surface area contributed by atoms with Gasteiger partial charge in [-0.2, -0.15) is 0 Å². The van der Waals surface area contributed by atoms with Crippen molar-refractivity contribution < 1.29 is 9.47 Å². The van der Waals surface area contributed by atoms with Gasteiger partial charge in [0.05, 0.1) is 18.9 Å². The Labute approximate surface area is 107 Å². The summed E-state index contributed by atoms with van der Waals surface area (Å²) in [4.78, 5) is 0. The van der Waals surface area contributed by atoms with Gasteiger partial charge in [-0.1, -0.05) is 11.6 Å². The van der Waals surface area contributed by atoms with Gasteiger partial charge in [0.15, 0.2) is 0 Å². The highest BCUT2D eigenvalue weighted by Gasteiger charge is 2.20. The van der Waals surface area contributed by atoms with Gasteiger partial charge >= 0.3 is 0 Å². The lowest BCUT2D eigenvalue weighted by atomic mass is 10.0. The molecule has 1 aromatic rings. The molecule has 2 rings (SSSR count). The van der Waals surface area contributed by atoms with E-state index in [4.69, 9.17) is 21.1 Å². The van der Waals surface area contributed by atoms with Gasteiger partial charge in [0, 0.05) is 17.7 Å². The number of hydrogen-bond donors (Lipinski definition) is 1. The number of halogens is 1. The second-order valence-corrected chi connectivity index (χ2v) is 4.83. The smallest absolute Gasteiger partial charge is 0.142 e. The minimum absolute atomic E-state index is 0.312. The summed E-state index contributed by atoms with van der Waals surface area (Å²) in [5.74, 6) is 0.827. The van der Waals surface area contributed by atoms with Crippen LogP contribution in [0.25, 0.3) is 0 Å². The average molecular weight is 256 g/mol. The molecule has 1 saturated heterocycles. The molecule has 0 bridgehead atoms. The van der Waals surface area contributed by atoms with Crippen LogP contribution in [0, 0.1) is 0 Å². The van der Waals surface area contributed by atoms with E-state index in [-0.39, 0.29) is 0 Å². The molecule has 1 aromatic carbocycles. The molecule has 94 valence electrons.